The molecule has 190 valence electrons. The van der Waals surface area contributed by atoms with Gasteiger partial charge < -0.3 is 10.1 Å². The van der Waals surface area contributed by atoms with Gasteiger partial charge in [-0.3, -0.25) is 14.5 Å². The predicted molar refractivity (Wildman–Crippen MR) is 140 cm³/mol. The number of amidine groups is 1. The molecule has 37 heavy (non-hydrogen) atoms. The Balaban J connectivity index is 1.55. The van der Waals surface area contributed by atoms with Crippen LogP contribution < -0.4 is 15.0 Å². The summed E-state index contributed by atoms with van der Waals surface area (Å²) in [6.07, 6.45) is -3.41. The summed E-state index contributed by atoms with van der Waals surface area (Å²) >= 11 is 13.1. The van der Waals surface area contributed by atoms with E-state index in [4.69, 9.17) is 23.2 Å². The van der Waals surface area contributed by atoms with E-state index in [0.29, 0.717) is 21.3 Å². The van der Waals surface area contributed by atoms with Gasteiger partial charge >= 0.3 is 6.36 Å². The lowest BCUT2D eigenvalue weighted by Gasteiger charge is -2.18. The summed E-state index contributed by atoms with van der Waals surface area (Å²) in [5.41, 5.74) is 0.984. The number of carbonyl (C=O) groups is 2. The number of rotatable bonds is 6. The second kappa shape index (κ2) is 11.3. The molecule has 1 heterocycles. The molecule has 1 aliphatic heterocycles. The minimum atomic E-state index is -4.92. The molecule has 3 aromatic carbocycles. The fourth-order valence-electron chi connectivity index (χ4n) is 3.26. The number of carbonyl (C=O) groups excluding carboxylic acids is 2. The first-order valence-corrected chi connectivity index (χ1v) is 12.3. The molecule has 12 heteroatoms. The van der Waals surface area contributed by atoms with Crippen molar-refractivity contribution in [3.8, 4) is 5.75 Å². The summed E-state index contributed by atoms with van der Waals surface area (Å²) in [6, 6.07) is 18.7. The van der Waals surface area contributed by atoms with Crippen LogP contribution in [0.3, 0.4) is 0 Å². The third-order valence-corrected chi connectivity index (χ3v) is 6.32. The van der Waals surface area contributed by atoms with Crippen molar-refractivity contribution in [2.45, 2.75) is 6.36 Å². The average Bonchev–Trinajstić information content (AvgIpc) is 3.15. The Morgan fingerprint density at radius 2 is 1.76 bits per heavy atom. The van der Waals surface area contributed by atoms with Crippen LogP contribution in [0.2, 0.25) is 10.0 Å². The lowest BCUT2D eigenvalue weighted by Crippen LogP contribution is -2.31. The normalized spacial score (nSPS) is 14.6. The molecule has 1 N–H and O–H groups in total. The summed E-state index contributed by atoms with van der Waals surface area (Å²) in [6.45, 7) is 0. The average molecular weight is 566 g/mol. The van der Waals surface area contributed by atoms with Gasteiger partial charge in [-0.05, 0) is 48.0 Å². The molecule has 0 saturated carbocycles. The summed E-state index contributed by atoms with van der Waals surface area (Å²) in [7, 11) is 0. The van der Waals surface area contributed by atoms with Crippen molar-refractivity contribution in [3.63, 3.8) is 0 Å². The van der Waals surface area contributed by atoms with Crippen molar-refractivity contribution in [2.24, 2.45) is 4.99 Å². The first kappa shape index (κ1) is 26.6. The maximum absolute atomic E-state index is 13.2. The number of ether oxygens (including phenoxy) is 1. The third-order valence-electron chi connectivity index (χ3n) is 4.82. The van der Waals surface area contributed by atoms with Crippen LogP contribution in [0.15, 0.2) is 83.5 Å². The van der Waals surface area contributed by atoms with Gasteiger partial charge in [0, 0.05) is 10.0 Å². The highest BCUT2D eigenvalue weighted by Crippen LogP contribution is 2.32. The van der Waals surface area contributed by atoms with E-state index in [1.165, 1.54) is 35.2 Å². The van der Waals surface area contributed by atoms with Crippen molar-refractivity contribution < 1.29 is 27.5 Å². The number of halogens is 5. The fourth-order valence-corrected chi connectivity index (χ4v) is 4.54. The number of thioether (sulfide) groups is 1. The number of benzene rings is 3. The molecule has 4 rings (SSSR count). The molecule has 0 spiro atoms. The number of para-hydroxylation sites is 3. The van der Waals surface area contributed by atoms with Crippen molar-refractivity contribution >= 4 is 69.4 Å². The second-order valence-corrected chi connectivity index (χ2v) is 9.23. The Morgan fingerprint density at radius 3 is 2.46 bits per heavy atom. The topological polar surface area (TPSA) is 71.0 Å². The lowest BCUT2D eigenvalue weighted by molar-refractivity contribution is -0.274. The monoisotopic (exact) mass is 565 g/mol. The lowest BCUT2D eigenvalue weighted by atomic mass is 10.2. The standard InChI is InChI=1S/C25H16Cl2F3N3O3S/c26-16-11-10-15(18(27)13-16)12-20-23(35)33(17-6-2-1-3-7-17)24(32-20)37-14-22(34)31-19-8-4-5-9-21(19)36-25(28,29)30/h1-13H,14H2,(H,31,34)/b20-12+. The molecule has 6 nitrogen and oxygen atoms in total. The minimum Gasteiger partial charge on any atom is -0.404 e. The summed E-state index contributed by atoms with van der Waals surface area (Å²) < 4.78 is 42.0. The maximum Gasteiger partial charge on any atom is 0.573 e. The molecule has 3 aromatic rings. The molecule has 0 aromatic heterocycles. The molecule has 0 fully saturated rings. The van der Waals surface area contributed by atoms with Crippen LogP contribution in [0.5, 0.6) is 5.75 Å². The van der Waals surface area contributed by atoms with Gasteiger partial charge in [-0.1, -0.05) is 71.4 Å². The second-order valence-electron chi connectivity index (χ2n) is 7.45. The van der Waals surface area contributed by atoms with Crippen molar-refractivity contribution in [3.05, 3.63) is 94.1 Å². The molecule has 0 atom stereocenters. The van der Waals surface area contributed by atoms with Crippen LogP contribution in [-0.2, 0) is 9.59 Å². The molecule has 2 amide bonds. The van der Waals surface area contributed by atoms with E-state index in [9.17, 15) is 22.8 Å². The van der Waals surface area contributed by atoms with Crippen LogP contribution in [0.1, 0.15) is 5.56 Å². The molecule has 1 aliphatic rings. The van der Waals surface area contributed by atoms with Crippen molar-refractivity contribution in [1.82, 2.24) is 0 Å². The van der Waals surface area contributed by atoms with Gasteiger partial charge in [-0.15, -0.1) is 13.2 Å². The fraction of sp³-hybridized carbons (Fsp3) is 0.0800. The van der Waals surface area contributed by atoms with Crippen molar-refractivity contribution in [1.29, 1.82) is 0 Å². The number of hydrogen-bond acceptors (Lipinski definition) is 5. The molecular weight excluding hydrogens is 550 g/mol. The Morgan fingerprint density at radius 1 is 1.05 bits per heavy atom. The Hall–Kier alpha value is -3.47. The number of aliphatic imine (C=N–C) groups is 1. The number of amides is 2. The van der Waals surface area contributed by atoms with E-state index in [-0.39, 0.29) is 22.3 Å². The van der Waals surface area contributed by atoms with E-state index >= 15 is 0 Å². The summed E-state index contributed by atoms with van der Waals surface area (Å²) in [5, 5.41) is 3.37. The van der Waals surface area contributed by atoms with Crippen LogP contribution in [0.4, 0.5) is 24.5 Å². The van der Waals surface area contributed by atoms with E-state index in [1.54, 1.807) is 42.5 Å². The van der Waals surface area contributed by atoms with Crippen LogP contribution in [0, 0.1) is 0 Å². The smallest absolute Gasteiger partial charge is 0.404 e. The van der Waals surface area contributed by atoms with Gasteiger partial charge in [0.2, 0.25) is 5.91 Å². The van der Waals surface area contributed by atoms with E-state index in [0.717, 1.165) is 17.8 Å². The van der Waals surface area contributed by atoms with E-state index < -0.39 is 23.9 Å². The Labute approximate surface area is 223 Å². The highest BCUT2D eigenvalue weighted by Gasteiger charge is 2.33. The number of anilines is 2. The van der Waals surface area contributed by atoms with E-state index in [1.807, 2.05) is 0 Å². The number of alkyl halides is 3. The quantitative estimate of drug-likeness (QED) is 0.326. The first-order chi connectivity index (χ1) is 17.6. The highest BCUT2D eigenvalue weighted by atomic mass is 35.5. The summed E-state index contributed by atoms with van der Waals surface area (Å²) in [4.78, 5) is 31.6. The van der Waals surface area contributed by atoms with Crippen LogP contribution in [-0.4, -0.2) is 29.1 Å². The molecule has 0 radical (unpaired) electrons. The number of nitrogens with one attached hydrogen (secondary N) is 1. The Bertz CT molecular complexity index is 1400. The molecule has 0 bridgehead atoms. The summed E-state index contributed by atoms with van der Waals surface area (Å²) in [5.74, 6) is -1.85. The van der Waals surface area contributed by atoms with Crippen LogP contribution >= 0.6 is 35.0 Å². The van der Waals surface area contributed by atoms with Gasteiger partial charge in [0.15, 0.2) is 10.9 Å². The minimum absolute atomic E-state index is 0.0832. The SMILES string of the molecule is O=C(CSC1=N/C(=C/c2ccc(Cl)cc2Cl)C(=O)N1c1ccccc1)Nc1ccccc1OC(F)(F)F. The molecular formula is C25H16Cl2F3N3O3S. The number of nitrogens with zero attached hydrogens (tertiary/aromatic N) is 2. The zero-order valence-electron chi connectivity index (χ0n) is 18.6. The van der Waals surface area contributed by atoms with Gasteiger partial charge in [0.1, 0.15) is 5.70 Å². The van der Waals surface area contributed by atoms with Gasteiger partial charge in [0.25, 0.3) is 5.91 Å². The zero-order chi connectivity index (χ0) is 26.6. The largest absolute Gasteiger partial charge is 0.573 e. The Kier molecular flexibility index (Phi) is 8.11. The molecule has 0 saturated heterocycles. The number of hydrogen-bond donors (Lipinski definition) is 1. The zero-order valence-corrected chi connectivity index (χ0v) is 21.0. The van der Waals surface area contributed by atoms with Crippen molar-refractivity contribution in [2.75, 3.05) is 16.0 Å². The molecule has 0 aliphatic carbocycles. The van der Waals surface area contributed by atoms with Crippen LogP contribution in [0.25, 0.3) is 6.08 Å². The maximum atomic E-state index is 13.2. The predicted octanol–water partition coefficient (Wildman–Crippen LogP) is 7.01. The van der Waals surface area contributed by atoms with Gasteiger partial charge in [-0.25, -0.2) is 4.99 Å². The van der Waals surface area contributed by atoms with E-state index in [2.05, 4.69) is 15.0 Å². The highest BCUT2D eigenvalue weighted by molar-refractivity contribution is 8.14. The van der Waals surface area contributed by atoms with Gasteiger partial charge in [-0.2, -0.15) is 0 Å². The molecule has 0 unspecified atom stereocenters. The third kappa shape index (κ3) is 6.85. The first-order valence-electron chi connectivity index (χ1n) is 10.5. The van der Waals surface area contributed by atoms with Gasteiger partial charge in [0.05, 0.1) is 17.1 Å².